The number of rotatable bonds is 3. The van der Waals surface area contributed by atoms with Crippen LogP contribution in [0.1, 0.15) is 5.56 Å². The van der Waals surface area contributed by atoms with Gasteiger partial charge in [-0.05, 0) is 6.07 Å². The summed E-state index contributed by atoms with van der Waals surface area (Å²) in [5.41, 5.74) is 0.226. The van der Waals surface area contributed by atoms with Gasteiger partial charge in [-0.25, -0.2) is 4.79 Å². The highest BCUT2D eigenvalue weighted by molar-refractivity contribution is 6.31. The maximum absolute atomic E-state index is 10.4. The second-order valence-electron chi connectivity index (χ2n) is 2.59. The van der Waals surface area contributed by atoms with Gasteiger partial charge in [-0.15, -0.1) is 0 Å². The van der Waals surface area contributed by atoms with Crippen molar-refractivity contribution in [2.24, 2.45) is 0 Å². The monoisotopic (exact) mass is 231 g/mol. The number of benzene rings is 1. The quantitative estimate of drug-likeness (QED) is 0.490. The average molecular weight is 232 g/mol. The summed E-state index contributed by atoms with van der Waals surface area (Å²) < 4.78 is 4.27. The van der Waals surface area contributed by atoms with E-state index in [2.05, 4.69) is 4.74 Å². The number of hydrogen-bond acceptors (Lipinski definition) is 4. The second kappa shape index (κ2) is 4.61. The molecule has 0 saturated carbocycles. The molecule has 0 spiro atoms. The summed E-state index contributed by atoms with van der Waals surface area (Å²) in [6.07, 6.45) is -1.43. The molecule has 1 rings (SSSR count). The van der Waals surface area contributed by atoms with Crippen LogP contribution >= 0.6 is 11.6 Å². The van der Waals surface area contributed by atoms with E-state index in [1.54, 1.807) is 0 Å². The second-order valence-corrected chi connectivity index (χ2v) is 2.99. The lowest BCUT2D eigenvalue weighted by Crippen LogP contribution is -2.00. The zero-order chi connectivity index (χ0) is 11.4. The summed E-state index contributed by atoms with van der Waals surface area (Å²) in [5, 5.41) is 18.7. The molecule has 1 N–H and O–H groups in total. The largest absolute Gasteiger partial charge is 0.506 e. The molecular weight excluding hydrogens is 226 g/mol. The smallest absolute Gasteiger partial charge is 0.450 e. The zero-order valence-electron chi connectivity index (χ0n) is 7.34. The van der Waals surface area contributed by atoms with Crippen LogP contribution in [-0.2, 0) is 11.3 Å². The number of nitro groups is 1. The third kappa shape index (κ3) is 3.10. The molecule has 1 aromatic rings. The SMILES string of the molecule is O=C(O)OCc1ccc([N+](=O)[O-])cc1Cl. The van der Waals surface area contributed by atoms with Crippen LogP contribution in [0.5, 0.6) is 0 Å². The molecule has 0 fully saturated rings. The number of ether oxygens (including phenoxy) is 1. The van der Waals surface area contributed by atoms with Gasteiger partial charge in [-0.3, -0.25) is 10.1 Å². The summed E-state index contributed by atoms with van der Waals surface area (Å²) >= 11 is 5.68. The van der Waals surface area contributed by atoms with Crippen molar-refractivity contribution in [2.75, 3.05) is 0 Å². The zero-order valence-corrected chi connectivity index (χ0v) is 8.10. The number of carbonyl (C=O) groups is 1. The van der Waals surface area contributed by atoms with E-state index in [4.69, 9.17) is 16.7 Å². The molecule has 0 bridgehead atoms. The Bertz CT molecular complexity index is 406. The third-order valence-corrected chi connectivity index (χ3v) is 1.95. The van der Waals surface area contributed by atoms with Gasteiger partial charge in [0.1, 0.15) is 6.61 Å². The van der Waals surface area contributed by atoms with Crippen molar-refractivity contribution in [3.8, 4) is 0 Å². The summed E-state index contributed by atoms with van der Waals surface area (Å²) in [6, 6.07) is 3.72. The van der Waals surface area contributed by atoms with Crippen LogP contribution in [0.3, 0.4) is 0 Å². The van der Waals surface area contributed by atoms with Gasteiger partial charge in [-0.1, -0.05) is 11.6 Å². The fourth-order valence-corrected chi connectivity index (χ4v) is 1.14. The lowest BCUT2D eigenvalue weighted by Gasteiger charge is -2.02. The highest BCUT2D eigenvalue weighted by Crippen LogP contribution is 2.22. The fraction of sp³-hybridized carbons (Fsp3) is 0.125. The van der Waals surface area contributed by atoms with Crippen LogP contribution < -0.4 is 0 Å². The summed E-state index contributed by atoms with van der Waals surface area (Å²) in [7, 11) is 0. The van der Waals surface area contributed by atoms with Crippen LogP contribution in [0.2, 0.25) is 5.02 Å². The first kappa shape index (κ1) is 11.3. The average Bonchev–Trinajstić information content (AvgIpc) is 2.15. The van der Waals surface area contributed by atoms with Crippen LogP contribution in [0.15, 0.2) is 18.2 Å². The Morgan fingerprint density at radius 3 is 2.73 bits per heavy atom. The molecule has 15 heavy (non-hydrogen) atoms. The molecule has 0 atom stereocenters. The van der Waals surface area contributed by atoms with Crippen molar-refractivity contribution in [3.05, 3.63) is 38.9 Å². The highest BCUT2D eigenvalue weighted by Gasteiger charge is 2.10. The van der Waals surface area contributed by atoms with Crippen LogP contribution in [0.4, 0.5) is 10.5 Å². The molecule has 80 valence electrons. The van der Waals surface area contributed by atoms with E-state index in [-0.39, 0.29) is 17.3 Å². The molecule has 0 heterocycles. The van der Waals surface area contributed by atoms with Crippen molar-refractivity contribution in [1.29, 1.82) is 0 Å². The minimum absolute atomic E-state index is 0.102. The first-order chi connectivity index (χ1) is 7.00. The van der Waals surface area contributed by atoms with E-state index in [1.165, 1.54) is 12.1 Å². The minimum Gasteiger partial charge on any atom is -0.450 e. The maximum Gasteiger partial charge on any atom is 0.506 e. The Labute approximate surface area is 89.2 Å². The Morgan fingerprint density at radius 1 is 1.60 bits per heavy atom. The van der Waals surface area contributed by atoms with E-state index >= 15 is 0 Å². The summed E-state index contributed by atoms with van der Waals surface area (Å²) in [5.74, 6) is 0. The number of non-ortho nitro benzene ring substituents is 1. The van der Waals surface area contributed by atoms with Crippen molar-refractivity contribution in [2.45, 2.75) is 6.61 Å². The van der Waals surface area contributed by atoms with Gasteiger partial charge in [0.25, 0.3) is 5.69 Å². The highest BCUT2D eigenvalue weighted by atomic mass is 35.5. The third-order valence-electron chi connectivity index (χ3n) is 1.60. The molecule has 0 aromatic heterocycles. The van der Waals surface area contributed by atoms with E-state index in [0.717, 1.165) is 6.07 Å². The molecule has 0 saturated heterocycles. The molecule has 0 aliphatic heterocycles. The molecule has 6 nitrogen and oxygen atoms in total. The van der Waals surface area contributed by atoms with Crippen LogP contribution in [0, 0.1) is 10.1 Å². The molecular formula is C8H6ClNO5. The maximum atomic E-state index is 10.4. The van der Waals surface area contributed by atoms with Crippen molar-refractivity contribution >= 4 is 23.4 Å². The predicted octanol–water partition coefficient (Wildman–Crippen LogP) is 2.44. The van der Waals surface area contributed by atoms with E-state index in [9.17, 15) is 14.9 Å². The van der Waals surface area contributed by atoms with E-state index in [1.807, 2.05) is 0 Å². The lowest BCUT2D eigenvalue weighted by atomic mass is 10.2. The van der Waals surface area contributed by atoms with Gasteiger partial charge in [0.2, 0.25) is 0 Å². The lowest BCUT2D eigenvalue weighted by molar-refractivity contribution is -0.384. The minimum atomic E-state index is -1.43. The molecule has 0 amide bonds. The number of nitro benzene ring substituents is 1. The van der Waals surface area contributed by atoms with Crippen LogP contribution in [0.25, 0.3) is 0 Å². The number of hydrogen-bond donors (Lipinski definition) is 1. The first-order valence-electron chi connectivity index (χ1n) is 3.79. The normalized spacial score (nSPS) is 9.67. The molecule has 0 unspecified atom stereocenters. The molecule has 0 radical (unpaired) electrons. The molecule has 0 aliphatic carbocycles. The summed E-state index contributed by atoms with van der Waals surface area (Å²) in [4.78, 5) is 19.8. The molecule has 7 heteroatoms. The van der Waals surface area contributed by atoms with Gasteiger partial charge < -0.3 is 9.84 Å². The molecule has 1 aromatic carbocycles. The Morgan fingerprint density at radius 2 is 2.27 bits per heavy atom. The first-order valence-corrected chi connectivity index (χ1v) is 4.17. The number of nitrogens with zero attached hydrogens (tertiary/aromatic N) is 1. The van der Waals surface area contributed by atoms with Crippen molar-refractivity contribution < 1.29 is 19.6 Å². The fourth-order valence-electron chi connectivity index (χ4n) is 0.906. The van der Waals surface area contributed by atoms with Gasteiger partial charge in [0.05, 0.1) is 9.95 Å². The summed E-state index contributed by atoms with van der Waals surface area (Å²) in [6.45, 7) is -0.230. The standard InChI is InChI=1S/C8H6ClNO5/c9-7-3-6(10(13)14)2-1-5(7)4-15-8(11)12/h1-3H,4H2,(H,11,12). The van der Waals surface area contributed by atoms with Gasteiger partial charge in [0.15, 0.2) is 0 Å². The topological polar surface area (TPSA) is 89.7 Å². The van der Waals surface area contributed by atoms with Gasteiger partial charge in [0, 0.05) is 17.7 Å². The number of carboxylic acid groups (broad SMARTS) is 1. The van der Waals surface area contributed by atoms with E-state index in [0.29, 0.717) is 5.56 Å². The molecule has 0 aliphatic rings. The Hall–Kier alpha value is -1.82. The number of halogens is 1. The van der Waals surface area contributed by atoms with Crippen molar-refractivity contribution in [3.63, 3.8) is 0 Å². The van der Waals surface area contributed by atoms with Gasteiger partial charge in [-0.2, -0.15) is 0 Å². The predicted molar refractivity (Wildman–Crippen MR) is 50.9 cm³/mol. The Balaban J connectivity index is 2.83. The van der Waals surface area contributed by atoms with Crippen LogP contribution in [-0.4, -0.2) is 16.2 Å². The Kier molecular flexibility index (Phi) is 3.46. The van der Waals surface area contributed by atoms with E-state index < -0.39 is 11.1 Å². The van der Waals surface area contributed by atoms with Gasteiger partial charge >= 0.3 is 6.16 Å². The van der Waals surface area contributed by atoms with Crippen molar-refractivity contribution in [1.82, 2.24) is 0 Å².